The molecule has 1 aromatic heterocycles. The van der Waals surface area contributed by atoms with Crippen molar-refractivity contribution in [2.45, 2.75) is 26.4 Å². The summed E-state index contributed by atoms with van der Waals surface area (Å²) >= 11 is 5.23. The minimum Gasteiger partial charge on any atom is -0.310 e. The third kappa shape index (κ3) is 2.93. The van der Waals surface area contributed by atoms with Crippen molar-refractivity contribution in [1.29, 1.82) is 0 Å². The van der Waals surface area contributed by atoms with Crippen molar-refractivity contribution >= 4 is 27.3 Å². The van der Waals surface area contributed by atoms with Gasteiger partial charge >= 0.3 is 0 Å². The first-order valence-electron chi connectivity index (χ1n) is 3.65. The van der Waals surface area contributed by atoms with Crippen molar-refractivity contribution in [2.75, 3.05) is 0 Å². The molecule has 1 nitrogen and oxygen atoms in total. The zero-order valence-electron chi connectivity index (χ0n) is 6.73. The minimum absolute atomic E-state index is 0.557. The Labute approximate surface area is 79.9 Å². The first-order valence-corrected chi connectivity index (χ1v) is 5.32. The Hall–Kier alpha value is 0.140. The van der Waals surface area contributed by atoms with Crippen LogP contribution >= 0.6 is 27.3 Å². The highest BCUT2D eigenvalue weighted by atomic mass is 79.9. The van der Waals surface area contributed by atoms with E-state index >= 15 is 0 Å². The zero-order chi connectivity index (χ0) is 8.27. The highest BCUT2D eigenvalue weighted by molar-refractivity contribution is 9.11. The molecule has 1 heterocycles. The highest BCUT2D eigenvalue weighted by Crippen LogP contribution is 2.22. The van der Waals surface area contributed by atoms with Gasteiger partial charge in [0.05, 0.1) is 3.79 Å². The zero-order valence-corrected chi connectivity index (χ0v) is 9.13. The second kappa shape index (κ2) is 4.24. The van der Waals surface area contributed by atoms with Crippen LogP contribution in [-0.2, 0) is 6.54 Å². The summed E-state index contributed by atoms with van der Waals surface area (Å²) in [7, 11) is 0. The summed E-state index contributed by atoms with van der Waals surface area (Å²) in [4.78, 5) is 0. The van der Waals surface area contributed by atoms with E-state index in [1.165, 1.54) is 9.35 Å². The summed E-state index contributed by atoms with van der Waals surface area (Å²) in [6.45, 7) is 5.27. The highest BCUT2D eigenvalue weighted by Gasteiger charge is 2.00. The van der Waals surface area contributed by atoms with E-state index in [-0.39, 0.29) is 0 Å². The molecule has 0 bridgehead atoms. The van der Waals surface area contributed by atoms with Crippen LogP contribution < -0.4 is 5.32 Å². The lowest BCUT2D eigenvalue weighted by Crippen LogP contribution is -2.21. The Morgan fingerprint density at radius 1 is 1.64 bits per heavy atom. The number of halogens is 1. The Kier molecular flexibility index (Phi) is 3.55. The predicted octanol–water partition coefficient (Wildman–Crippen LogP) is 3.01. The molecule has 0 aliphatic heterocycles. The average Bonchev–Trinajstić information content (AvgIpc) is 2.31. The van der Waals surface area contributed by atoms with E-state index in [9.17, 15) is 0 Å². The van der Waals surface area contributed by atoms with E-state index in [1.54, 1.807) is 11.3 Å². The fourth-order valence-electron chi connectivity index (χ4n) is 0.760. The van der Waals surface area contributed by atoms with E-state index in [0.717, 1.165) is 6.54 Å². The lowest BCUT2D eigenvalue weighted by atomic mass is 10.3. The van der Waals surface area contributed by atoms with Crippen molar-refractivity contribution < 1.29 is 0 Å². The minimum atomic E-state index is 0.557. The molecule has 1 N–H and O–H groups in total. The normalized spacial score (nSPS) is 10.9. The van der Waals surface area contributed by atoms with Crippen LogP contribution in [0.3, 0.4) is 0 Å². The van der Waals surface area contributed by atoms with Crippen LogP contribution in [0.2, 0.25) is 0 Å². The fourth-order valence-corrected chi connectivity index (χ4v) is 2.00. The van der Waals surface area contributed by atoms with E-state index in [0.29, 0.717) is 6.04 Å². The van der Waals surface area contributed by atoms with Gasteiger partial charge in [0.2, 0.25) is 0 Å². The molecule has 3 heteroatoms. The first kappa shape index (κ1) is 9.23. The Balaban J connectivity index is 2.44. The number of thiophene rings is 1. The molecule has 11 heavy (non-hydrogen) atoms. The maximum absolute atomic E-state index is 3.49. The van der Waals surface area contributed by atoms with Crippen molar-refractivity contribution in [1.82, 2.24) is 5.32 Å². The van der Waals surface area contributed by atoms with Crippen LogP contribution in [0, 0.1) is 0 Å². The summed E-state index contributed by atoms with van der Waals surface area (Å²) in [5.41, 5.74) is 1.35. The second-order valence-corrected chi connectivity index (χ2v) is 4.99. The van der Waals surface area contributed by atoms with Gasteiger partial charge in [-0.1, -0.05) is 13.8 Å². The third-order valence-corrected chi connectivity index (χ3v) is 3.21. The smallest absolute Gasteiger partial charge is 0.0743 e. The van der Waals surface area contributed by atoms with Crippen molar-refractivity contribution in [3.05, 3.63) is 20.8 Å². The topological polar surface area (TPSA) is 12.0 Å². The third-order valence-electron chi connectivity index (χ3n) is 1.39. The predicted molar refractivity (Wildman–Crippen MR) is 54.0 cm³/mol. The molecule has 0 amide bonds. The van der Waals surface area contributed by atoms with Gasteiger partial charge < -0.3 is 5.32 Å². The van der Waals surface area contributed by atoms with Gasteiger partial charge in [-0.15, -0.1) is 11.3 Å². The van der Waals surface area contributed by atoms with Crippen LogP contribution in [0.1, 0.15) is 19.4 Å². The lowest BCUT2D eigenvalue weighted by Gasteiger charge is -2.06. The standard InChI is InChI=1S/C8H12BrNS/c1-6(2)10-5-7-3-4-11-8(7)9/h3-4,6,10H,5H2,1-2H3. The average molecular weight is 234 g/mol. The molecule has 0 saturated heterocycles. The maximum Gasteiger partial charge on any atom is 0.0743 e. The first-order chi connectivity index (χ1) is 5.20. The molecular weight excluding hydrogens is 222 g/mol. The maximum atomic E-state index is 3.49. The van der Waals surface area contributed by atoms with Gasteiger partial charge in [-0.2, -0.15) is 0 Å². The van der Waals surface area contributed by atoms with Gasteiger partial charge in [0.15, 0.2) is 0 Å². The van der Waals surface area contributed by atoms with Crippen LogP contribution in [0.15, 0.2) is 15.2 Å². The van der Waals surface area contributed by atoms with E-state index < -0.39 is 0 Å². The summed E-state index contributed by atoms with van der Waals surface area (Å²) in [5.74, 6) is 0. The summed E-state index contributed by atoms with van der Waals surface area (Å²) < 4.78 is 1.24. The van der Waals surface area contributed by atoms with E-state index in [1.807, 2.05) is 0 Å². The SMILES string of the molecule is CC(C)NCc1ccsc1Br. The largest absolute Gasteiger partial charge is 0.310 e. The van der Waals surface area contributed by atoms with Gasteiger partial charge in [0, 0.05) is 12.6 Å². The molecule has 1 aromatic rings. The molecule has 0 aliphatic rings. The van der Waals surface area contributed by atoms with Gasteiger partial charge in [0.25, 0.3) is 0 Å². The molecule has 0 aliphatic carbocycles. The Morgan fingerprint density at radius 3 is 2.82 bits per heavy atom. The summed E-state index contributed by atoms with van der Waals surface area (Å²) in [6.07, 6.45) is 0. The van der Waals surface area contributed by atoms with Gasteiger partial charge in [-0.05, 0) is 32.9 Å². The van der Waals surface area contributed by atoms with Crippen LogP contribution in [0.25, 0.3) is 0 Å². The molecule has 0 aromatic carbocycles. The van der Waals surface area contributed by atoms with E-state index in [2.05, 4.69) is 46.5 Å². The van der Waals surface area contributed by atoms with Crippen molar-refractivity contribution in [2.24, 2.45) is 0 Å². The number of rotatable bonds is 3. The molecule has 0 spiro atoms. The van der Waals surface area contributed by atoms with Gasteiger partial charge in [-0.25, -0.2) is 0 Å². The molecule has 0 radical (unpaired) electrons. The molecule has 1 rings (SSSR count). The fraction of sp³-hybridized carbons (Fsp3) is 0.500. The van der Waals surface area contributed by atoms with Crippen LogP contribution in [0.5, 0.6) is 0 Å². The summed E-state index contributed by atoms with van der Waals surface area (Å²) in [5, 5.41) is 5.46. The monoisotopic (exact) mass is 233 g/mol. The van der Waals surface area contributed by atoms with Crippen molar-refractivity contribution in [3.8, 4) is 0 Å². The summed E-state index contributed by atoms with van der Waals surface area (Å²) in [6, 6.07) is 2.70. The van der Waals surface area contributed by atoms with Crippen LogP contribution in [0.4, 0.5) is 0 Å². The van der Waals surface area contributed by atoms with Crippen LogP contribution in [-0.4, -0.2) is 6.04 Å². The lowest BCUT2D eigenvalue weighted by molar-refractivity contribution is 0.589. The molecule has 0 atom stereocenters. The number of nitrogens with one attached hydrogen (secondary N) is 1. The van der Waals surface area contributed by atoms with Gasteiger partial charge in [-0.3, -0.25) is 0 Å². The second-order valence-electron chi connectivity index (χ2n) is 2.76. The molecule has 62 valence electrons. The van der Waals surface area contributed by atoms with Crippen molar-refractivity contribution in [3.63, 3.8) is 0 Å². The van der Waals surface area contributed by atoms with Gasteiger partial charge in [0.1, 0.15) is 0 Å². The molecule has 0 fully saturated rings. The Morgan fingerprint density at radius 2 is 2.36 bits per heavy atom. The Bertz CT molecular complexity index is 220. The molecule has 0 saturated carbocycles. The number of hydrogen-bond donors (Lipinski definition) is 1. The number of hydrogen-bond acceptors (Lipinski definition) is 2. The molecule has 0 unspecified atom stereocenters. The molecular formula is C8H12BrNS. The quantitative estimate of drug-likeness (QED) is 0.847. The van der Waals surface area contributed by atoms with E-state index in [4.69, 9.17) is 0 Å².